The highest BCUT2D eigenvalue weighted by atomic mass is 35.5. The molecule has 0 aromatic carbocycles. The zero-order chi connectivity index (χ0) is 15.9. The van der Waals surface area contributed by atoms with Crippen molar-refractivity contribution in [3.05, 3.63) is 29.2 Å². The second-order valence-electron chi connectivity index (χ2n) is 6.13. The first-order chi connectivity index (χ1) is 10.4. The van der Waals surface area contributed by atoms with Crippen LogP contribution in [0.15, 0.2) is 18.5 Å². The first kappa shape index (κ1) is 15.1. The lowest BCUT2D eigenvalue weighted by atomic mass is 9.35. The molecule has 22 heavy (non-hydrogen) atoms. The van der Waals surface area contributed by atoms with Gasteiger partial charge in [0.1, 0.15) is 5.15 Å². The molecule has 2 aromatic rings. The van der Waals surface area contributed by atoms with E-state index in [0.717, 1.165) is 5.39 Å². The van der Waals surface area contributed by atoms with Crippen molar-refractivity contribution in [1.82, 2.24) is 9.97 Å². The topological polar surface area (TPSA) is 79.0 Å². The molecule has 0 aliphatic carbocycles. The van der Waals surface area contributed by atoms with Crippen LogP contribution in [0.3, 0.4) is 0 Å². The second kappa shape index (κ2) is 5.42. The molecule has 0 amide bonds. The van der Waals surface area contributed by atoms with E-state index in [0.29, 0.717) is 34.6 Å². The highest BCUT2D eigenvalue weighted by Crippen LogP contribution is 2.35. The van der Waals surface area contributed by atoms with Gasteiger partial charge >= 0.3 is 0 Å². The minimum Gasteiger partial charge on any atom is -0.475 e. The molecule has 112 valence electrons. The number of aromatic nitrogens is 2. The summed E-state index contributed by atoms with van der Waals surface area (Å²) in [5.41, 5.74) is -0.376. The monoisotopic (exact) mass is 315 g/mol. The van der Waals surface area contributed by atoms with Crippen LogP contribution >= 0.6 is 11.6 Å². The molecule has 1 N–H and O–H groups in total. The molecule has 7 heteroatoms. The minimum absolute atomic E-state index is 0.00372. The fraction of sp³-hybridized carbons (Fsp3) is 0.400. The Labute approximate surface area is 134 Å². The lowest BCUT2D eigenvalue weighted by molar-refractivity contribution is 0.0797. The second-order valence-corrected chi connectivity index (χ2v) is 6.51. The van der Waals surface area contributed by atoms with E-state index in [4.69, 9.17) is 21.6 Å². The van der Waals surface area contributed by atoms with Gasteiger partial charge in [0.2, 0.25) is 5.88 Å². The van der Waals surface area contributed by atoms with Crippen molar-refractivity contribution >= 4 is 29.1 Å². The van der Waals surface area contributed by atoms with E-state index in [1.54, 1.807) is 32.3 Å². The lowest BCUT2D eigenvalue weighted by Crippen LogP contribution is -2.38. The van der Waals surface area contributed by atoms with E-state index in [1.807, 2.05) is 0 Å². The molecule has 0 atom stereocenters. The van der Waals surface area contributed by atoms with Crippen LogP contribution in [-0.2, 0) is 5.60 Å². The molecule has 1 aliphatic rings. The predicted octanol–water partition coefficient (Wildman–Crippen LogP) is 2.83. The Morgan fingerprint density at radius 1 is 1.36 bits per heavy atom. The van der Waals surface area contributed by atoms with Crippen molar-refractivity contribution in [2.45, 2.75) is 38.2 Å². The predicted molar refractivity (Wildman–Crippen MR) is 85.2 cm³/mol. The maximum Gasteiger partial charge on any atom is 0.275 e. The number of halogens is 1. The molecule has 3 rings (SSSR count). The van der Waals surface area contributed by atoms with Crippen LogP contribution in [0, 0.1) is 11.2 Å². The number of pyridine rings is 2. The van der Waals surface area contributed by atoms with Gasteiger partial charge in [-0.2, -0.15) is 0 Å². The Kier molecular flexibility index (Phi) is 3.71. The number of nitriles is 1. The average Bonchev–Trinajstić information content (AvgIpc) is 2.40. The summed E-state index contributed by atoms with van der Waals surface area (Å²) in [6.45, 7) is 3.46. The molecule has 1 aliphatic heterocycles. The van der Waals surface area contributed by atoms with E-state index < -0.39 is 5.60 Å². The van der Waals surface area contributed by atoms with Gasteiger partial charge in [0.15, 0.2) is 0 Å². The Balaban J connectivity index is 2.01. The summed E-state index contributed by atoms with van der Waals surface area (Å²) in [6.07, 6.45) is 4.65. The first-order valence-electron chi connectivity index (χ1n) is 7.12. The molecule has 0 unspecified atom stereocenters. The zero-order valence-electron chi connectivity index (χ0n) is 12.4. The van der Waals surface area contributed by atoms with Gasteiger partial charge in [-0.25, -0.2) is 15.2 Å². The van der Waals surface area contributed by atoms with Gasteiger partial charge in [0.05, 0.1) is 17.1 Å². The van der Waals surface area contributed by atoms with Crippen LogP contribution < -0.4 is 4.74 Å². The number of aliphatic hydroxyl groups is 1. The molecule has 3 heterocycles. The van der Waals surface area contributed by atoms with Gasteiger partial charge in [-0.15, -0.1) is 0 Å². The molecule has 1 fully saturated rings. The molecule has 5 nitrogen and oxygen atoms in total. The van der Waals surface area contributed by atoms with Gasteiger partial charge in [-0.3, -0.25) is 0 Å². The number of fused-ring (bicyclic) bond motifs is 1. The number of hydrogen-bond donors (Lipinski definition) is 1. The van der Waals surface area contributed by atoms with E-state index in [1.165, 1.54) is 0 Å². The number of rotatable bonds is 3. The third-order valence-corrected chi connectivity index (χ3v) is 4.12. The fourth-order valence-corrected chi connectivity index (χ4v) is 2.75. The number of hydrogen-bond acceptors (Lipinski definition) is 5. The van der Waals surface area contributed by atoms with Crippen molar-refractivity contribution in [2.24, 2.45) is 0 Å². The van der Waals surface area contributed by atoms with Gasteiger partial charge in [-0.05, 0) is 37.9 Å². The van der Waals surface area contributed by atoms with Crippen LogP contribution in [0.2, 0.25) is 17.8 Å². The van der Waals surface area contributed by atoms with E-state index in [9.17, 15) is 5.11 Å². The first-order valence-corrected chi connectivity index (χ1v) is 7.49. The summed E-state index contributed by atoms with van der Waals surface area (Å²) in [5.74, 6) is 2.69. The molecule has 0 radical (unpaired) electrons. The normalized spacial score (nSPS) is 15.5. The summed E-state index contributed by atoms with van der Waals surface area (Å²) in [7, 11) is 0. The maximum absolute atomic E-state index is 10.3. The third-order valence-electron chi connectivity index (χ3n) is 3.92. The standard InChI is InChI=1S/C15H15BClN3O2/c1-15(2,21)12-7-20-14(22-9-4-16(5-9)8-18)11-6-19-13(17)3-10(11)12/h3,6-7,9,21H,4-5H2,1-2H3. The van der Waals surface area contributed by atoms with Crippen LogP contribution in [0.5, 0.6) is 5.88 Å². The fourth-order valence-electron chi connectivity index (χ4n) is 2.59. The summed E-state index contributed by atoms with van der Waals surface area (Å²) in [5, 5.41) is 21.0. The Morgan fingerprint density at radius 2 is 2.09 bits per heavy atom. The van der Waals surface area contributed by atoms with Crippen LogP contribution in [0.25, 0.3) is 10.8 Å². The number of nitrogens with zero attached hydrogens (tertiary/aromatic N) is 3. The summed E-state index contributed by atoms with van der Waals surface area (Å²) in [6, 6.07) is 1.71. The summed E-state index contributed by atoms with van der Waals surface area (Å²) >= 11 is 5.99. The smallest absolute Gasteiger partial charge is 0.275 e. The Hall–Kier alpha value is -1.84. The van der Waals surface area contributed by atoms with Crippen molar-refractivity contribution in [2.75, 3.05) is 0 Å². The minimum atomic E-state index is -1.04. The SMILES string of the molecule is CC(C)(O)c1cnc(OC2CB(C#N)C2)c2cnc(Cl)cc12. The van der Waals surface area contributed by atoms with Crippen molar-refractivity contribution in [1.29, 1.82) is 5.26 Å². The van der Waals surface area contributed by atoms with Crippen molar-refractivity contribution in [3.63, 3.8) is 0 Å². The lowest BCUT2D eigenvalue weighted by Gasteiger charge is -2.29. The third kappa shape index (κ3) is 2.74. The highest BCUT2D eigenvalue weighted by molar-refractivity contribution is 6.70. The molecule has 0 bridgehead atoms. The molecule has 0 saturated carbocycles. The van der Waals surface area contributed by atoms with Gasteiger partial charge in [0.25, 0.3) is 6.71 Å². The quantitative estimate of drug-likeness (QED) is 0.696. The molecular weight excluding hydrogens is 300 g/mol. The summed E-state index contributed by atoms with van der Waals surface area (Å²) in [4.78, 5) is 8.41. The van der Waals surface area contributed by atoms with E-state index >= 15 is 0 Å². The van der Waals surface area contributed by atoms with E-state index in [2.05, 4.69) is 15.9 Å². The van der Waals surface area contributed by atoms with Crippen LogP contribution in [0.1, 0.15) is 19.4 Å². The molecule has 2 aromatic heterocycles. The van der Waals surface area contributed by atoms with Crippen LogP contribution in [0.4, 0.5) is 0 Å². The molecule has 0 spiro atoms. The van der Waals surface area contributed by atoms with Gasteiger partial charge in [-0.1, -0.05) is 11.6 Å². The summed E-state index contributed by atoms with van der Waals surface area (Å²) < 4.78 is 5.88. The van der Waals surface area contributed by atoms with Crippen molar-refractivity contribution in [3.8, 4) is 11.8 Å². The van der Waals surface area contributed by atoms with Crippen molar-refractivity contribution < 1.29 is 9.84 Å². The zero-order valence-corrected chi connectivity index (χ0v) is 13.1. The highest BCUT2D eigenvalue weighted by Gasteiger charge is 2.35. The van der Waals surface area contributed by atoms with Gasteiger partial charge in [0, 0.05) is 23.9 Å². The molecular formula is C15H15BClN3O2. The number of ether oxygens (including phenoxy) is 1. The maximum atomic E-state index is 10.3. The Morgan fingerprint density at radius 3 is 2.73 bits per heavy atom. The average molecular weight is 316 g/mol. The van der Waals surface area contributed by atoms with Crippen LogP contribution in [-0.4, -0.2) is 27.9 Å². The molecule has 1 saturated heterocycles. The van der Waals surface area contributed by atoms with Gasteiger partial charge < -0.3 is 9.84 Å². The Bertz CT molecular complexity index is 764. The van der Waals surface area contributed by atoms with E-state index in [-0.39, 0.29) is 12.8 Å². The largest absolute Gasteiger partial charge is 0.475 e.